The van der Waals surface area contributed by atoms with Crippen molar-refractivity contribution in [3.8, 4) is 11.1 Å². The Labute approximate surface area is 128 Å². The lowest BCUT2D eigenvalue weighted by Crippen LogP contribution is -2.19. The Morgan fingerprint density at radius 3 is 2.05 bits per heavy atom. The van der Waals surface area contributed by atoms with Crippen molar-refractivity contribution in [3.63, 3.8) is 0 Å². The second kappa shape index (κ2) is 7.38. The van der Waals surface area contributed by atoms with E-state index in [0.717, 1.165) is 5.56 Å². The molecule has 2 aliphatic carbocycles. The predicted molar refractivity (Wildman–Crippen MR) is 84.4 cm³/mol. The lowest BCUT2D eigenvalue weighted by molar-refractivity contribution is -0.129. The van der Waals surface area contributed by atoms with Gasteiger partial charge in [-0.15, -0.1) is 0 Å². The molecular weight excluding hydrogens is 280 g/mol. The standard InChI is InChI=1S/C11H14N2O3.C6H4/c1-8(14)12-10-5-3-2-4-9(10)6-7-11(15)13-16;1-2-6-4-3-5(1)6/h2-5,16H,6-7H2,1H3,(H,12,14)(H,13,15);1-4H. The Morgan fingerprint density at radius 1 is 1.00 bits per heavy atom. The summed E-state index contributed by atoms with van der Waals surface area (Å²) in [5, 5.41) is 11.0. The first-order valence-electron chi connectivity index (χ1n) is 6.99. The Balaban J connectivity index is 0.000000238. The fourth-order valence-electron chi connectivity index (χ4n) is 2.02. The lowest BCUT2D eigenvalue weighted by atomic mass is 9.95. The van der Waals surface area contributed by atoms with E-state index < -0.39 is 5.91 Å². The highest BCUT2D eigenvalue weighted by atomic mass is 16.5. The third-order valence-electron chi connectivity index (χ3n) is 3.29. The van der Waals surface area contributed by atoms with Crippen LogP contribution in [0.4, 0.5) is 5.69 Å². The van der Waals surface area contributed by atoms with Crippen LogP contribution in [0.5, 0.6) is 0 Å². The van der Waals surface area contributed by atoms with E-state index in [1.807, 2.05) is 12.1 Å². The van der Waals surface area contributed by atoms with Gasteiger partial charge in [0.25, 0.3) is 0 Å². The number of para-hydroxylation sites is 1. The topological polar surface area (TPSA) is 78.4 Å². The first-order chi connectivity index (χ1) is 10.6. The quantitative estimate of drug-likeness (QED) is 0.512. The van der Waals surface area contributed by atoms with Crippen molar-refractivity contribution >= 4 is 17.5 Å². The van der Waals surface area contributed by atoms with E-state index in [2.05, 4.69) is 29.6 Å². The average Bonchev–Trinajstić information content (AvgIpc) is 2.49. The van der Waals surface area contributed by atoms with E-state index in [0.29, 0.717) is 12.1 Å². The summed E-state index contributed by atoms with van der Waals surface area (Å²) in [4.78, 5) is 21.8. The van der Waals surface area contributed by atoms with Crippen LogP contribution in [0.3, 0.4) is 0 Å². The highest BCUT2D eigenvalue weighted by Gasteiger charge is 2.06. The summed E-state index contributed by atoms with van der Waals surface area (Å²) in [7, 11) is 0. The molecule has 0 heterocycles. The summed E-state index contributed by atoms with van der Waals surface area (Å²) in [5.74, 6) is -0.600. The molecule has 1 aromatic carbocycles. The van der Waals surface area contributed by atoms with Gasteiger partial charge in [-0.1, -0.05) is 42.5 Å². The minimum atomic E-state index is -0.447. The monoisotopic (exact) mass is 298 g/mol. The SMILES string of the molecule is CC(=O)Nc1ccccc1CCC(=O)NO.c1cc2ccc1-2. The zero-order chi connectivity index (χ0) is 15.9. The second-order valence-electron chi connectivity index (χ2n) is 4.95. The first-order valence-corrected chi connectivity index (χ1v) is 6.99. The predicted octanol–water partition coefficient (Wildman–Crippen LogP) is 2.75. The van der Waals surface area contributed by atoms with Crippen molar-refractivity contribution in [1.29, 1.82) is 0 Å². The van der Waals surface area contributed by atoms with Crippen molar-refractivity contribution in [3.05, 3.63) is 54.1 Å². The molecule has 2 aliphatic rings. The number of fused-ring (bicyclic) bond motifs is 1. The van der Waals surface area contributed by atoms with E-state index >= 15 is 0 Å². The van der Waals surface area contributed by atoms with Crippen molar-refractivity contribution in [2.75, 3.05) is 5.32 Å². The van der Waals surface area contributed by atoms with Crippen molar-refractivity contribution < 1.29 is 14.8 Å². The van der Waals surface area contributed by atoms with Gasteiger partial charge >= 0.3 is 0 Å². The van der Waals surface area contributed by atoms with Gasteiger partial charge < -0.3 is 5.32 Å². The molecule has 0 aliphatic heterocycles. The van der Waals surface area contributed by atoms with Crippen LogP contribution in [0.15, 0.2) is 48.5 Å². The van der Waals surface area contributed by atoms with Crippen LogP contribution in [0, 0.1) is 0 Å². The lowest BCUT2D eigenvalue weighted by Gasteiger charge is -2.10. The Hall–Kier alpha value is -2.66. The number of hydrogen-bond acceptors (Lipinski definition) is 3. The Kier molecular flexibility index (Phi) is 5.27. The number of carbonyl (C=O) groups excluding carboxylic acids is 2. The molecule has 0 aromatic heterocycles. The summed E-state index contributed by atoms with van der Waals surface area (Å²) < 4.78 is 0. The molecule has 0 saturated carbocycles. The molecule has 0 atom stereocenters. The number of benzene rings is 2. The zero-order valence-corrected chi connectivity index (χ0v) is 12.3. The van der Waals surface area contributed by atoms with Gasteiger partial charge in [-0.25, -0.2) is 5.48 Å². The van der Waals surface area contributed by atoms with Crippen molar-refractivity contribution in [2.24, 2.45) is 0 Å². The van der Waals surface area contributed by atoms with E-state index in [9.17, 15) is 9.59 Å². The maximum atomic E-state index is 10.9. The molecule has 0 radical (unpaired) electrons. The van der Waals surface area contributed by atoms with E-state index in [4.69, 9.17) is 5.21 Å². The van der Waals surface area contributed by atoms with Gasteiger partial charge in [0.1, 0.15) is 0 Å². The van der Waals surface area contributed by atoms with Crippen LogP contribution < -0.4 is 10.8 Å². The maximum absolute atomic E-state index is 10.9. The fraction of sp³-hybridized carbons (Fsp3) is 0.176. The van der Waals surface area contributed by atoms with Crippen LogP contribution in [0.25, 0.3) is 11.1 Å². The molecule has 3 rings (SSSR count). The van der Waals surface area contributed by atoms with Gasteiger partial charge in [-0.3, -0.25) is 14.8 Å². The smallest absolute Gasteiger partial charge is 0.243 e. The number of hydroxylamine groups is 1. The minimum absolute atomic E-state index is 0.154. The highest BCUT2D eigenvalue weighted by molar-refractivity contribution is 5.89. The van der Waals surface area contributed by atoms with Crippen LogP contribution in [-0.2, 0) is 16.0 Å². The molecule has 5 heteroatoms. The van der Waals surface area contributed by atoms with Gasteiger partial charge in [-0.2, -0.15) is 0 Å². The summed E-state index contributed by atoms with van der Waals surface area (Å²) in [6.45, 7) is 1.43. The molecular formula is C17H18N2O3. The summed E-state index contributed by atoms with van der Waals surface area (Å²) in [5.41, 5.74) is 5.98. The van der Waals surface area contributed by atoms with Crippen LogP contribution in [0.1, 0.15) is 18.9 Å². The Morgan fingerprint density at radius 2 is 1.59 bits per heavy atom. The number of nitrogens with one attached hydrogen (secondary N) is 2. The number of amides is 2. The molecule has 22 heavy (non-hydrogen) atoms. The molecule has 3 N–H and O–H groups in total. The Bertz CT molecular complexity index is 645. The van der Waals surface area contributed by atoms with Crippen LogP contribution in [0.2, 0.25) is 0 Å². The third-order valence-corrected chi connectivity index (χ3v) is 3.29. The van der Waals surface area contributed by atoms with E-state index in [1.54, 1.807) is 17.6 Å². The van der Waals surface area contributed by atoms with Crippen molar-refractivity contribution in [1.82, 2.24) is 5.48 Å². The first kappa shape index (κ1) is 15.7. The van der Waals surface area contributed by atoms with Gasteiger partial charge in [-0.05, 0) is 29.2 Å². The third kappa shape index (κ3) is 4.17. The minimum Gasteiger partial charge on any atom is -0.326 e. The molecule has 0 unspecified atom stereocenters. The second-order valence-corrected chi connectivity index (χ2v) is 4.95. The number of anilines is 1. The maximum Gasteiger partial charge on any atom is 0.243 e. The fourth-order valence-corrected chi connectivity index (χ4v) is 2.02. The normalized spacial score (nSPS) is 10.1. The average molecular weight is 298 g/mol. The summed E-state index contributed by atoms with van der Waals surface area (Å²) >= 11 is 0. The van der Waals surface area contributed by atoms with E-state index in [1.165, 1.54) is 18.1 Å². The van der Waals surface area contributed by atoms with Gasteiger partial charge in [0.05, 0.1) is 0 Å². The number of aryl methyl sites for hydroxylation is 1. The molecule has 0 bridgehead atoms. The van der Waals surface area contributed by atoms with Crippen molar-refractivity contribution in [2.45, 2.75) is 19.8 Å². The number of hydrogen-bond donors (Lipinski definition) is 3. The van der Waals surface area contributed by atoms with Crippen LogP contribution >= 0.6 is 0 Å². The molecule has 1 aromatic rings. The van der Waals surface area contributed by atoms with Gasteiger partial charge in [0.15, 0.2) is 0 Å². The molecule has 114 valence electrons. The van der Waals surface area contributed by atoms with Gasteiger partial charge in [0, 0.05) is 19.0 Å². The highest BCUT2D eigenvalue weighted by Crippen LogP contribution is 2.29. The summed E-state index contributed by atoms with van der Waals surface area (Å²) in [6.07, 6.45) is 0.635. The zero-order valence-electron chi connectivity index (χ0n) is 12.3. The molecule has 0 fully saturated rings. The van der Waals surface area contributed by atoms with Crippen LogP contribution in [-0.4, -0.2) is 17.0 Å². The molecule has 0 spiro atoms. The molecule has 0 saturated heterocycles. The van der Waals surface area contributed by atoms with E-state index in [-0.39, 0.29) is 12.3 Å². The molecule has 5 nitrogen and oxygen atoms in total. The number of carbonyl (C=O) groups is 2. The largest absolute Gasteiger partial charge is 0.326 e. The summed E-state index contributed by atoms with van der Waals surface area (Å²) in [6, 6.07) is 15.7. The van der Waals surface area contributed by atoms with Gasteiger partial charge in [0.2, 0.25) is 11.8 Å². The molecule has 2 amide bonds. The number of rotatable bonds is 4.